The number of rotatable bonds is 5. The summed E-state index contributed by atoms with van der Waals surface area (Å²) in [6.45, 7) is 3.71. The minimum Gasteiger partial charge on any atom is -0.212 e. The molecule has 22 heavy (non-hydrogen) atoms. The molecule has 0 aromatic heterocycles. The molecule has 2 rings (SSSR count). The van der Waals surface area contributed by atoms with Crippen molar-refractivity contribution in [2.45, 2.75) is 51.4 Å². The summed E-state index contributed by atoms with van der Waals surface area (Å²) in [6, 6.07) is 5.17. The summed E-state index contributed by atoms with van der Waals surface area (Å²) >= 11 is 0. The van der Waals surface area contributed by atoms with Gasteiger partial charge in [0.15, 0.2) is 0 Å². The number of aryl methyl sites for hydroxylation is 1. The number of hydrogen-bond donors (Lipinski definition) is 0. The average Bonchev–Trinajstić information content (AvgIpc) is 2.40. The number of terminal acetylenes is 1. The first-order chi connectivity index (χ1) is 10.5. The molecule has 1 aliphatic rings. The van der Waals surface area contributed by atoms with Gasteiger partial charge in [0, 0.05) is 6.42 Å². The standard InChI is InChI=1S/C20H22F2/c1-4-7-15(2)14-17(21)10-13-20(11-6-12-20)19-16(3)8-5-9-18(19)22/h1,5,7-9,14H,6,10-13H2,2-3H3/b15-7-,17-14+. The second-order valence-electron chi connectivity index (χ2n) is 6.21. The number of hydrogen-bond acceptors (Lipinski definition) is 0. The Morgan fingerprint density at radius 3 is 2.68 bits per heavy atom. The van der Waals surface area contributed by atoms with Crippen molar-refractivity contribution in [1.82, 2.24) is 0 Å². The fourth-order valence-corrected chi connectivity index (χ4v) is 3.38. The molecule has 1 aliphatic carbocycles. The van der Waals surface area contributed by atoms with Gasteiger partial charge >= 0.3 is 0 Å². The number of allylic oxidation sites excluding steroid dienone is 4. The molecular weight excluding hydrogens is 278 g/mol. The minimum atomic E-state index is -0.204. The van der Waals surface area contributed by atoms with Gasteiger partial charge in [-0.05, 0) is 73.4 Å². The van der Waals surface area contributed by atoms with E-state index in [9.17, 15) is 8.78 Å². The molecule has 1 aromatic carbocycles. The van der Waals surface area contributed by atoms with Crippen LogP contribution in [-0.2, 0) is 5.41 Å². The van der Waals surface area contributed by atoms with Crippen LogP contribution in [0.1, 0.15) is 50.2 Å². The number of halogens is 2. The predicted molar refractivity (Wildman–Crippen MR) is 87.7 cm³/mol. The van der Waals surface area contributed by atoms with Crippen molar-refractivity contribution in [1.29, 1.82) is 0 Å². The smallest absolute Gasteiger partial charge is 0.127 e. The highest BCUT2D eigenvalue weighted by molar-refractivity contribution is 5.37. The summed E-state index contributed by atoms with van der Waals surface area (Å²) in [7, 11) is 0. The third kappa shape index (κ3) is 3.47. The quantitative estimate of drug-likeness (QED) is 0.478. The van der Waals surface area contributed by atoms with E-state index >= 15 is 0 Å². The zero-order chi connectivity index (χ0) is 16.2. The lowest BCUT2D eigenvalue weighted by molar-refractivity contribution is 0.213. The highest BCUT2D eigenvalue weighted by atomic mass is 19.1. The molecule has 116 valence electrons. The Hall–Kier alpha value is -1.88. The molecule has 1 saturated carbocycles. The molecule has 0 saturated heterocycles. The van der Waals surface area contributed by atoms with Crippen LogP contribution in [0.25, 0.3) is 0 Å². The van der Waals surface area contributed by atoms with Gasteiger partial charge in [-0.3, -0.25) is 0 Å². The first kappa shape index (κ1) is 16.5. The lowest BCUT2D eigenvalue weighted by atomic mass is 9.61. The Morgan fingerprint density at radius 2 is 2.14 bits per heavy atom. The summed E-state index contributed by atoms with van der Waals surface area (Å²) in [6.07, 6.45) is 12.1. The molecule has 0 amide bonds. The third-order valence-corrected chi connectivity index (χ3v) is 4.60. The Kier molecular flexibility index (Phi) is 5.19. The van der Waals surface area contributed by atoms with Crippen molar-refractivity contribution in [3.63, 3.8) is 0 Å². The largest absolute Gasteiger partial charge is 0.212 e. The molecule has 1 aromatic rings. The molecule has 0 radical (unpaired) electrons. The lowest BCUT2D eigenvalue weighted by Crippen LogP contribution is -2.36. The third-order valence-electron chi connectivity index (χ3n) is 4.60. The van der Waals surface area contributed by atoms with Crippen LogP contribution in [0.3, 0.4) is 0 Å². The van der Waals surface area contributed by atoms with E-state index in [4.69, 9.17) is 6.42 Å². The lowest BCUT2D eigenvalue weighted by Gasteiger charge is -2.43. The molecule has 0 aliphatic heterocycles. The maximum atomic E-state index is 14.3. The van der Waals surface area contributed by atoms with E-state index < -0.39 is 0 Å². The molecule has 0 spiro atoms. The molecule has 0 N–H and O–H groups in total. The van der Waals surface area contributed by atoms with E-state index in [2.05, 4.69) is 5.92 Å². The van der Waals surface area contributed by atoms with E-state index in [0.717, 1.165) is 36.0 Å². The molecule has 0 unspecified atom stereocenters. The van der Waals surface area contributed by atoms with Gasteiger partial charge in [-0.15, -0.1) is 6.42 Å². The first-order valence-electron chi connectivity index (χ1n) is 7.73. The Labute approximate surface area is 131 Å². The molecular formula is C20H22F2. The summed E-state index contributed by atoms with van der Waals surface area (Å²) in [5, 5.41) is 0. The summed E-state index contributed by atoms with van der Waals surface area (Å²) in [5.74, 6) is 2.04. The van der Waals surface area contributed by atoms with Gasteiger partial charge in [0.25, 0.3) is 0 Å². The van der Waals surface area contributed by atoms with Crippen LogP contribution >= 0.6 is 0 Å². The number of benzene rings is 1. The van der Waals surface area contributed by atoms with Gasteiger partial charge in [0.2, 0.25) is 0 Å². The Balaban J connectivity index is 2.16. The highest BCUT2D eigenvalue weighted by Gasteiger charge is 2.41. The van der Waals surface area contributed by atoms with E-state index in [1.807, 2.05) is 13.0 Å². The monoisotopic (exact) mass is 300 g/mol. The van der Waals surface area contributed by atoms with Crippen molar-refractivity contribution in [3.8, 4) is 12.3 Å². The highest BCUT2D eigenvalue weighted by Crippen LogP contribution is 2.49. The van der Waals surface area contributed by atoms with Gasteiger partial charge < -0.3 is 0 Å². The van der Waals surface area contributed by atoms with E-state index in [-0.39, 0.29) is 17.1 Å². The van der Waals surface area contributed by atoms with E-state index in [0.29, 0.717) is 12.8 Å². The van der Waals surface area contributed by atoms with Crippen LogP contribution in [-0.4, -0.2) is 0 Å². The van der Waals surface area contributed by atoms with Crippen molar-refractivity contribution >= 4 is 0 Å². The van der Waals surface area contributed by atoms with Crippen LogP contribution < -0.4 is 0 Å². The second-order valence-corrected chi connectivity index (χ2v) is 6.21. The summed E-state index contributed by atoms with van der Waals surface area (Å²) in [4.78, 5) is 0. The Morgan fingerprint density at radius 1 is 1.41 bits per heavy atom. The summed E-state index contributed by atoms with van der Waals surface area (Å²) < 4.78 is 28.3. The summed E-state index contributed by atoms with van der Waals surface area (Å²) in [5.41, 5.74) is 2.27. The van der Waals surface area contributed by atoms with E-state index in [1.54, 1.807) is 19.1 Å². The maximum absolute atomic E-state index is 14.3. The van der Waals surface area contributed by atoms with Gasteiger partial charge in [0.1, 0.15) is 11.6 Å². The van der Waals surface area contributed by atoms with Crippen LogP contribution in [0.2, 0.25) is 0 Å². The van der Waals surface area contributed by atoms with E-state index in [1.165, 1.54) is 12.1 Å². The molecule has 0 nitrogen and oxygen atoms in total. The first-order valence-corrected chi connectivity index (χ1v) is 7.73. The van der Waals surface area contributed by atoms with Gasteiger partial charge in [0.05, 0.1) is 0 Å². The molecule has 0 bridgehead atoms. The minimum absolute atomic E-state index is 0.160. The fraction of sp³-hybridized carbons (Fsp3) is 0.400. The average molecular weight is 300 g/mol. The van der Waals surface area contributed by atoms with Gasteiger partial charge in [-0.2, -0.15) is 0 Å². The topological polar surface area (TPSA) is 0 Å². The van der Waals surface area contributed by atoms with Crippen LogP contribution in [0.15, 0.2) is 41.8 Å². The SMILES string of the molecule is C#C/C=C(C)\C=C(\F)CCC1(c2c(C)cccc2F)CCC1. The zero-order valence-corrected chi connectivity index (χ0v) is 13.3. The van der Waals surface area contributed by atoms with Crippen molar-refractivity contribution < 1.29 is 8.78 Å². The Bertz CT molecular complexity index is 620. The van der Waals surface area contributed by atoms with Crippen molar-refractivity contribution in [2.24, 2.45) is 0 Å². The zero-order valence-electron chi connectivity index (χ0n) is 13.3. The second kappa shape index (κ2) is 6.92. The normalized spacial score (nSPS) is 17.8. The molecule has 1 fully saturated rings. The van der Waals surface area contributed by atoms with Crippen LogP contribution in [0.5, 0.6) is 0 Å². The van der Waals surface area contributed by atoms with Crippen molar-refractivity contribution in [3.05, 3.63) is 58.7 Å². The fourth-order valence-electron chi connectivity index (χ4n) is 3.38. The van der Waals surface area contributed by atoms with Crippen LogP contribution in [0.4, 0.5) is 8.78 Å². The van der Waals surface area contributed by atoms with Gasteiger partial charge in [-0.1, -0.05) is 24.5 Å². The molecule has 0 heterocycles. The van der Waals surface area contributed by atoms with Gasteiger partial charge in [-0.25, -0.2) is 8.78 Å². The van der Waals surface area contributed by atoms with Crippen molar-refractivity contribution in [2.75, 3.05) is 0 Å². The van der Waals surface area contributed by atoms with Crippen LogP contribution in [0, 0.1) is 25.1 Å². The molecule has 0 atom stereocenters. The maximum Gasteiger partial charge on any atom is 0.127 e. The predicted octanol–water partition coefficient (Wildman–Crippen LogP) is 5.77. The molecule has 2 heteroatoms.